The van der Waals surface area contributed by atoms with Gasteiger partial charge in [-0.2, -0.15) is 0 Å². The van der Waals surface area contributed by atoms with Crippen molar-refractivity contribution in [2.24, 2.45) is 0 Å². The van der Waals surface area contributed by atoms with E-state index in [4.69, 9.17) is 0 Å². The third kappa shape index (κ3) is 3.17. The van der Waals surface area contributed by atoms with E-state index < -0.39 is 0 Å². The number of hydrogen-bond acceptors (Lipinski definition) is 0. The van der Waals surface area contributed by atoms with Crippen LogP contribution >= 0.6 is 0 Å². The summed E-state index contributed by atoms with van der Waals surface area (Å²) in [5.74, 6) is 0. The van der Waals surface area contributed by atoms with Crippen molar-refractivity contribution in [1.82, 2.24) is 0 Å². The van der Waals surface area contributed by atoms with Crippen molar-refractivity contribution in [2.75, 3.05) is 0 Å². The van der Waals surface area contributed by atoms with E-state index in [9.17, 15) is 0 Å². The smallest absolute Gasteiger partial charge is 0.000696 e. The second kappa shape index (κ2) is 8.89. The quantitative estimate of drug-likeness (QED) is 0.199. The van der Waals surface area contributed by atoms with Crippen LogP contribution in [0.5, 0.6) is 0 Å². The minimum absolute atomic E-state index is 1.27. The predicted molar refractivity (Wildman–Crippen MR) is 188 cm³/mol. The summed E-state index contributed by atoms with van der Waals surface area (Å²) in [5, 5.41) is 10.3. The zero-order chi connectivity index (χ0) is 28.8. The molecule has 0 heterocycles. The molecule has 0 saturated heterocycles. The van der Waals surface area contributed by atoms with Gasteiger partial charge in [0.05, 0.1) is 0 Å². The van der Waals surface area contributed by atoms with Gasteiger partial charge < -0.3 is 0 Å². The van der Waals surface area contributed by atoms with Gasteiger partial charge in [-0.05, 0) is 105 Å². The molecule has 0 N–H and O–H groups in total. The lowest BCUT2D eigenvalue weighted by molar-refractivity contribution is 1.58. The van der Waals surface area contributed by atoms with E-state index in [1.165, 1.54) is 98.8 Å². The molecule has 10 rings (SSSR count). The standard InChI is InChI=1S/C44H26/c1-2-14-31-26-32(21-20-27(31)10-1)39-40-34-17-7-4-12-29(34)22-24-37(40)44-42(36-19-9-15-28-11-3-6-16-33(28)36)41-35-18-8-5-13-30(35)23-25-38(41)43(39)44/h1-26H. The fraction of sp³-hybridized carbons (Fsp3) is 0. The molecule has 0 nitrogen and oxygen atoms in total. The fourth-order valence-corrected chi connectivity index (χ4v) is 7.88. The Morgan fingerprint density at radius 2 is 0.727 bits per heavy atom. The first kappa shape index (κ1) is 23.8. The molecular weight excluding hydrogens is 528 g/mol. The summed E-state index contributed by atoms with van der Waals surface area (Å²) in [6.45, 7) is 0. The van der Waals surface area contributed by atoms with E-state index in [0.717, 1.165) is 0 Å². The summed E-state index contributed by atoms with van der Waals surface area (Å²) in [6, 6.07) is 58.4. The van der Waals surface area contributed by atoms with Gasteiger partial charge in [0.2, 0.25) is 0 Å². The van der Waals surface area contributed by atoms with Crippen LogP contribution in [0.3, 0.4) is 0 Å². The lowest BCUT2D eigenvalue weighted by Crippen LogP contribution is -1.95. The van der Waals surface area contributed by atoms with Crippen molar-refractivity contribution in [3.63, 3.8) is 0 Å². The van der Waals surface area contributed by atoms with Crippen molar-refractivity contribution in [2.45, 2.75) is 0 Å². The van der Waals surface area contributed by atoms with Gasteiger partial charge in [0.1, 0.15) is 0 Å². The molecule has 8 aromatic carbocycles. The third-order valence-electron chi connectivity index (χ3n) is 9.74. The second-order valence-electron chi connectivity index (χ2n) is 12.0. The van der Waals surface area contributed by atoms with Crippen molar-refractivity contribution in [3.8, 4) is 0 Å². The van der Waals surface area contributed by atoms with E-state index in [1.54, 1.807) is 0 Å². The van der Waals surface area contributed by atoms with E-state index >= 15 is 0 Å². The lowest BCUT2D eigenvalue weighted by Gasteiger charge is -2.17. The summed E-state index contributed by atoms with van der Waals surface area (Å²) < 4.78 is 0. The molecule has 0 bridgehead atoms. The molecule has 44 heavy (non-hydrogen) atoms. The molecule has 0 radical (unpaired) electrons. The Morgan fingerprint density at radius 1 is 0.250 bits per heavy atom. The molecule has 0 spiro atoms. The molecule has 0 saturated carbocycles. The predicted octanol–water partition coefficient (Wildman–Crippen LogP) is 11.5. The van der Waals surface area contributed by atoms with E-state index in [1.807, 2.05) is 0 Å². The molecule has 0 unspecified atom stereocenters. The van der Waals surface area contributed by atoms with Crippen LogP contribution in [-0.4, -0.2) is 0 Å². The largest absolute Gasteiger partial charge is 0.0616 e. The van der Waals surface area contributed by atoms with Gasteiger partial charge in [0, 0.05) is 0 Å². The number of allylic oxidation sites excluding steroid dienone is 2. The van der Waals surface area contributed by atoms with Gasteiger partial charge >= 0.3 is 0 Å². The minimum Gasteiger partial charge on any atom is -0.0616 e. The Bertz CT molecular complexity index is 2590. The van der Waals surface area contributed by atoms with Crippen molar-refractivity contribution in [3.05, 3.63) is 191 Å². The summed E-state index contributed by atoms with van der Waals surface area (Å²) in [6.07, 6.45) is 0. The van der Waals surface area contributed by atoms with Crippen LogP contribution < -0.4 is 0 Å². The first-order chi connectivity index (χ1) is 21.8. The maximum Gasteiger partial charge on any atom is -0.000696 e. The zero-order valence-electron chi connectivity index (χ0n) is 24.0. The van der Waals surface area contributed by atoms with Crippen molar-refractivity contribution in [1.29, 1.82) is 0 Å². The van der Waals surface area contributed by atoms with E-state index in [0.29, 0.717) is 0 Å². The molecule has 202 valence electrons. The van der Waals surface area contributed by atoms with E-state index in [2.05, 4.69) is 158 Å². The Balaban J connectivity index is 1.44. The van der Waals surface area contributed by atoms with Crippen LogP contribution in [0.4, 0.5) is 0 Å². The molecule has 2 aliphatic carbocycles. The highest BCUT2D eigenvalue weighted by Gasteiger charge is 2.39. The molecule has 0 heteroatoms. The SMILES string of the molecule is c1ccc2cc(C3=C4C(=C(c5cccc6ccccc56)c5c4ccc4ccccc54)c4ccc5ccccc5c43)ccc2c1. The fourth-order valence-electron chi connectivity index (χ4n) is 7.88. The van der Waals surface area contributed by atoms with Crippen LogP contribution in [0.1, 0.15) is 33.4 Å². The topological polar surface area (TPSA) is 0 Å². The molecule has 0 aromatic heterocycles. The second-order valence-corrected chi connectivity index (χ2v) is 12.0. The Morgan fingerprint density at radius 3 is 1.41 bits per heavy atom. The zero-order valence-corrected chi connectivity index (χ0v) is 24.0. The van der Waals surface area contributed by atoms with Gasteiger partial charge in [0.15, 0.2) is 0 Å². The third-order valence-corrected chi connectivity index (χ3v) is 9.74. The van der Waals surface area contributed by atoms with Crippen molar-refractivity contribution < 1.29 is 0 Å². The van der Waals surface area contributed by atoms with Crippen LogP contribution in [-0.2, 0) is 0 Å². The van der Waals surface area contributed by atoms with Crippen LogP contribution in [0.2, 0.25) is 0 Å². The molecule has 2 aliphatic rings. The highest BCUT2D eigenvalue weighted by molar-refractivity contribution is 6.39. The average Bonchev–Trinajstić information content (AvgIpc) is 3.61. The van der Waals surface area contributed by atoms with Gasteiger partial charge in [-0.15, -0.1) is 0 Å². The summed E-state index contributed by atoms with van der Waals surface area (Å²) >= 11 is 0. The maximum atomic E-state index is 2.39. The number of fused-ring (bicyclic) bond motifs is 11. The van der Waals surface area contributed by atoms with Gasteiger partial charge in [0.25, 0.3) is 0 Å². The summed E-state index contributed by atoms with van der Waals surface area (Å²) in [7, 11) is 0. The lowest BCUT2D eigenvalue weighted by atomic mass is 9.86. The Hall–Kier alpha value is -5.72. The molecular formula is C44H26. The minimum atomic E-state index is 1.27. The first-order valence-corrected chi connectivity index (χ1v) is 15.4. The van der Waals surface area contributed by atoms with Crippen LogP contribution in [0.25, 0.3) is 65.4 Å². The van der Waals surface area contributed by atoms with Crippen LogP contribution in [0.15, 0.2) is 158 Å². The first-order valence-electron chi connectivity index (χ1n) is 15.4. The monoisotopic (exact) mass is 554 g/mol. The average molecular weight is 555 g/mol. The number of rotatable bonds is 2. The van der Waals surface area contributed by atoms with Crippen LogP contribution in [0, 0.1) is 0 Å². The maximum absolute atomic E-state index is 2.39. The highest BCUT2D eigenvalue weighted by atomic mass is 14.4. The number of benzene rings is 8. The summed E-state index contributed by atoms with van der Waals surface area (Å²) in [5.41, 5.74) is 13.3. The van der Waals surface area contributed by atoms with Gasteiger partial charge in [-0.1, -0.05) is 152 Å². The van der Waals surface area contributed by atoms with Gasteiger partial charge in [-0.25, -0.2) is 0 Å². The number of hydrogen-bond donors (Lipinski definition) is 0. The molecule has 8 aromatic rings. The molecule has 0 amide bonds. The van der Waals surface area contributed by atoms with Gasteiger partial charge in [-0.3, -0.25) is 0 Å². The van der Waals surface area contributed by atoms with E-state index in [-0.39, 0.29) is 0 Å². The summed E-state index contributed by atoms with van der Waals surface area (Å²) in [4.78, 5) is 0. The molecule has 0 fully saturated rings. The Kier molecular flexibility index (Phi) is 4.81. The molecule has 0 atom stereocenters. The normalized spacial score (nSPS) is 13.7. The molecule has 0 aliphatic heterocycles. The Labute approximate surface area is 255 Å². The highest BCUT2D eigenvalue weighted by Crippen LogP contribution is 2.61. The van der Waals surface area contributed by atoms with Crippen molar-refractivity contribution >= 4 is 65.4 Å².